The lowest BCUT2D eigenvalue weighted by molar-refractivity contribution is 0.206. The highest BCUT2D eigenvalue weighted by Gasteiger charge is 2.23. The van der Waals surface area contributed by atoms with Gasteiger partial charge in [0.1, 0.15) is 0 Å². The molecule has 2 N–H and O–H groups in total. The van der Waals surface area contributed by atoms with Crippen molar-refractivity contribution in [1.82, 2.24) is 14.3 Å². The molecule has 1 aliphatic heterocycles. The summed E-state index contributed by atoms with van der Waals surface area (Å²) in [5.74, 6) is 0. The lowest BCUT2D eigenvalue weighted by atomic mass is 10.0. The van der Waals surface area contributed by atoms with Gasteiger partial charge < -0.3 is 0 Å². The highest BCUT2D eigenvalue weighted by Crippen LogP contribution is 2.24. The molecule has 6 heteroatoms. The molecule has 0 bridgehead atoms. The van der Waals surface area contributed by atoms with Gasteiger partial charge in [-0.05, 0) is 38.4 Å². The summed E-state index contributed by atoms with van der Waals surface area (Å²) in [7, 11) is -3.42. The van der Waals surface area contributed by atoms with Crippen LogP contribution < -0.4 is 9.44 Å². The van der Waals surface area contributed by atoms with E-state index in [-0.39, 0.29) is 6.04 Å². The molecule has 2 rings (SSSR count). The van der Waals surface area contributed by atoms with Gasteiger partial charge in [0.15, 0.2) is 0 Å². The average Bonchev–Trinajstić information content (AvgIpc) is 2.78. The predicted octanol–water partition coefficient (Wildman–Crippen LogP) is 2.36. The third-order valence-corrected chi connectivity index (χ3v) is 5.56. The van der Waals surface area contributed by atoms with Gasteiger partial charge in [0.2, 0.25) is 0 Å². The summed E-state index contributed by atoms with van der Waals surface area (Å²) in [6.07, 6.45) is 4.89. The molecule has 0 radical (unpaired) electrons. The quantitative estimate of drug-likeness (QED) is 0.802. The summed E-state index contributed by atoms with van der Waals surface area (Å²) >= 11 is 0. The van der Waals surface area contributed by atoms with Gasteiger partial charge in [-0.3, -0.25) is 4.90 Å². The average molecular weight is 340 g/mol. The van der Waals surface area contributed by atoms with Crippen molar-refractivity contribution < 1.29 is 8.42 Å². The number of rotatable bonds is 7. The Hall–Kier alpha value is -0.950. The highest BCUT2D eigenvalue weighted by atomic mass is 32.2. The Balaban J connectivity index is 2.15. The summed E-state index contributed by atoms with van der Waals surface area (Å²) in [5, 5.41) is 0. The van der Waals surface area contributed by atoms with Crippen molar-refractivity contribution >= 4 is 10.2 Å². The lowest BCUT2D eigenvalue weighted by Gasteiger charge is -2.31. The first-order valence-corrected chi connectivity index (χ1v) is 10.0. The van der Waals surface area contributed by atoms with Crippen LogP contribution >= 0.6 is 0 Å². The van der Waals surface area contributed by atoms with E-state index in [0.717, 1.165) is 13.1 Å². The van der Waals surface area contributed by atoms with Crippen LogP contribution in [0.25, 0.3) is 0 Å². The molecular weight excluding hydrogens is 310 g/mol. The van der Waals surface area contributed by atoms with Crippen LogP contribution in [0.4, 0.5) is 0 Å². The summed E-state index contributed by atoms with van der Waals surface area (Å²) in [4.78, 5) is 2.42. The van der Waals surface area contributed by atoms with E-state index in [0.29, 0.717) is 13.1 Å². The molecule has 1 heterocycles. The van der Waals surface area contributed by atoms with Crippen molar-refractivity contribution in [2.75, 3.05) is 26.2 Å². The smallest absolute Gasteiger partial charge is 0.276 e. The molecule has 0 aliphatic carbocycles. The Bertz CT molecular complexity index is 564. The van der Waals surface area contributed by atoms with E-state index < -0.39 is 10.2 Å². The van der Waals surface area contributed by atoms with Crippen molar-refractivity contribution in [2.24, 2.45) is 0 Å². The first kappa shape index (κ1) is 18.4. The van der Waals surface area contributed by atoms with Crippen LogP contribution in [0.2, 0.25) is 0 Å². The molecule has 1 aromatic carbocycles. The van der Waals surface area contributed by atoms with Crippen molar-refractivity contribution in [3.8, 4) is 0 Å². The molecule has 0 amide bonds. The van der Waals surface area contributed by atoms with Crippen LogP contribution in [0.3, 0.4) is 0 Å². The van der Waals surface area contributed by atoms with E-state index >= 15 is 0 Å². The molecule has 1 saturated heterocycles. The number of benzene rings is 1. The van der Waals surface area contributed by atoms with Gasteiger partial charge in [0.25, 0.3) is 10.2 Å². The van der Waals surface area contributed by atoms with Crippen molar-refractivity contribution in [2.45, 2.75) is 45.6 Å². The van der Waals surface area contributed by atoms with Crippen molar-refractivity contribution in [3.05, 3.63) is 35.4 Å². The molecule has 1 aromatic rings. The maximum atomic E-state index is 11.9. The molecule has 130 valence electrons. The van der Waals surface area contributed by atoms with E-state index in [2.05, 4.69) is 45.5 Å². The number of hydrogen-bond acceptors (Lipinski definition) is 3. The van der Waals surface area contributed by atoms with E-state index in [9.17, 15) is 8.42 Å². The Labute approximate surface area is 140 Å². The molecule has 1 aliphatic rings. The van der Waals surface area contributed by atoms with Gasteiger partial charge in [-0.2, -0.15) is 8.42 Å². The van der Waals surface area contributed by atoms with Gasteiger partial charge in [0, 0.05) is 19.1 Å². The SMILES string of the molecule is CCNS(=O)(=O)NCC(c1ccc(C)cc1)N1CCCCCC1. The summed E-state index contributed by atoms with van der Waals surface area (Å²) in [6, 6.07) is 8.51. The van der Waals surface area contributed by atoms with E-state index in [1.165, 1.54) is 36.8 Å². The third-order valence-electron chi connectivity index (χ3n) is 4.34. The van der Waals surface area contributed by atoms with Crippen LogP contribution in [-0.4, -0.2) is 39.5 Å². The first-order chi connectivity index (χ1) is 11.0. The second-order valence-corrected chi connectivity index (χ2v) is 7.81. The molecule has 1 fully saturated rings. The largest absolute Gasteiger partial charge is 0.295 e. The van der Waals surface area contributed by atoms with Crippen LogP contribution in [0.15, 0.2) is 24.3 Å². The fraction of sp³-hybridized carbons (Fsp3) is 0.647. The second kappa shape index (κ2) is 8.78. The zero-order valence-corrected chi connectivity index (χ0v) is 15.0. The standard InChI is InChI=1S/C17H29N3O2S/c1-3-18-23(21,22)19-14-17(16-10-8-15(2)9-11-16)20-12-6-4-5-7-13-20/h8-11,17-19H,3-7,12-14H2,1-2H3. The van der Waals surface area contributed by atoms with Gasteiger partial charge in [-0.1, -0.05) is 49.6 Å². The van der Waals surface area contributed by atoms with Crippen molar-refractivity contribution in [1.29, 1.82) is 0 Å². The topological polar surface area (TPSA) is 61.4 Å². The molecule has 0 saturated carbocycles. The van der Waals surface area contributed by atoms with E-state index in [4.69, 9.17) is 0 Å². The summed E-state index contributed by atoms with van der Waals surface area (Å²) < 4.78 is 29.1. The zero-order valence-electron chi connectivity index (χ0n) is 14.2. The minimum Gasteiger partial charge on any atom is -0.295 e. The molecule has 1 unspecified atom stereocenters. The number of nitrogens with one attached hydrogen (secondary N) is 2. The minimum atomic E-state index is -3.42. The monoisotopic (exact) mass is 339 g/mol. The fourth-order valence-electron chi connectivity index (χ4n) is 3.08. The first-order valence-electron chi connectivity index (χ1n) is 8.56. The molecule has 5 nitrogen and oxygen atoms in total. The van der Waals surface area contributed by atoms with Gasteiger partial charge in [-0.25, -0.2) is 9.44 Å². The normalized spacial score (nSPS) is 18.5. The highest BCUT2D eigenvalue weighted by molar-refractivity contribution is 7.87. The number of aryl methyl sites for hydroxylation is 1. The Kier molecular flexibility index (Phi) is 7.02. The minimum absolute atomic E-state index is 0.0853. The molecule has 0 spiro atoms. The van der Waals surface area contributed by atoms with Crippen LogP contribution in [0.1, 0.15) is 49.8 Å². The Morgan fingerprint density at radius 2 is 1.65 bits per heavy atom. The van der Waals surface area contributed by atoms with E-state index in [1.54, 1.807) is 6.92 Å². The molecule has 1 atom stereocenters. The lowest BCUT2D eigenvalue weighted by Crippen LogP contribution is -2.43. The maximum Gasteiger partial charge on any atom is 0.276 e. The summed E-state index contributed by atoms with van der Waals surface area (Å²) in [5.41, 5.74) is 2.40. The molecule has 23 heavy (non-hydrogen) atoms. The van der Waals surface area contributed by atoms with Crippen LogP contribution in [0, 0.1) is 6.92 Å². The maximum absolute atomic E-state index is 11.9. The number of nitrogens with zero attached hydrogens (tertiary/aromatic N) is 1. The zero-order chi connectivity index (χ0) is 16.7. The Morgan fingerprint density at radius 3 is 2.22 bits per heavy atom. The third kappa shape index (κ3) is 5.88. The van der Waals surface area contributed by atoms with Gasteiger partial charge >= 0.3 is 0 Å². The van der Waals surface area contributed by atoms with E-state index in [1.807, 2.05) is 0 Å². The fourth-order valence-corrected chi connectivity index (χ4v) is 3.94. The van der Waals surface area contributed by atoms with Gasteiger partial charge in [-0.15, -0.1) is 0 Å². The molecule has 0 aromatic heterocycles. The summed E-state index contributed by atoms with van der Waals surface area (Å²) in [6.45, 7) is 6.71. The van der Waals surface area contributed by atoms with Crippen LogP contribution in [0.5, 0.6) is 0 Å². The predicted molar refractivity (Wildman–Crippen MR) is 94.6 cm³/mol. The molecular formula is C17H29N3O2S. The number of hydrogen-bond donors (Lipinski definition) is 2. The van der Waals surface area contributed by atoms with Gasteiger partial charge in [0.05, 0.1) is 0 Å². The second-order valence-electron chi connectivity index (χ2n) is 6.23. The number of likely N-dealkylation sites (tertiary alicyclic amines) is 1. The van der Waals surface area contributed by atoms with Crippen molar-refractivity contribution in [3.63, 3.8) is 0 Å². The van der Waals surface area contributed by atoms with Crippen LogP contribution in [-0.2, 0) is 10.2 Å². The Morgan fingerprint density at radius 1 is 1.04 bits per heavy atom.